The van der Waals surface area contributed by atoms with Gasteiger partial charge < -0.3 is 4.90 Å². The highest BCUT2D eigenvalue weighted by molar-refractivity contribution is 7.91. The van der Waals surface area contributed by atoms with E-state index in [2.05, 4.69) is 6.07 Å². The van der Waals surface area contributed by atoms with Crippen molar-refractivity contribution in [2.45, 2.75) is 31.6 Å². The van der Waals surface area contributed by atoms with Gasteiger partial charge in [0, 0.05) is 25.4 Å². The largest absolute Gasteiger partial charge is 0.342 e. The van der Waals surface area contributed by atoms with Crippen molar-refractivity contribution in [1.29, 1.82) is 0 Å². The summed E-state index contributed by atoms with van der Waals surface area (Å²) in [6.07, 6.45) is 3.03. The number of nitrogens with zero attached hydrogens (tertiary/aromatic N) is 2. The maximum Gasteiger partial charge on any atom is 0.222 e. The minimum atomic E-state index is -2.92. The van der Waals surface area contributed by atoms with Crippen LogP contribution in [0.4, 0.5) is 0 Å². The Morgan fingerprint density at radius 1 is 1.28 bits per heavy atom. The lowest BCUT2D eigenvalue weighted by molar-refractivity contribution is -0.133. The summed E-state index contributed by atoms with van der Waals surface area (Å²) < 4.78 is 24.4. The molecule has 1 aromatic heterocycles. The Kier molecular flexibility index (Phi) is 4.54. The van der Waals surface area contributed by atoms with Gasteiger partial charge >= 0.3 is 0 Å². The van der Waals surface area contributed by atoms with Gasteiger partial charge in [0.25, 0.3) is 0 Å². The van der Waals surface area contributed by atoms with E-state index in [-0.39, 0.29) is 23.3 Å². The van der Waals surface area contributed by atoms with Gasteiger partial charge in [0.15, 0.2) is 9.84 Å². The van der Waals surface area contributed by atoms with E-state index in [9.17, 15) is 13.2 Å². The van der Waals surface area contributed by atoms with Crippen LogP contribution >= 0.6 is 11.3 Å². The monoisotopic (exact) mass is 378 g/mol. The first-order valence-corrected chi connectivity index (χ1v) is 11.5. The number of carbonyl (C=O) groups excluding carboxylic acids is 1. The van der Waals surface area contributed by atoms with E-state index in [0.29, 0.717) is 25.3 Å². The highest BCUT2D eigenvalue weighted by Gasteiger charge is 2.32. The summed E-state index contributed by atoms with van der Waals surface area (Å²) in [6, 6.07) is 8.14. The second kappa shape index (κ2) is 6.68. The van der Waals surface area contributed by atoms with Crippen LogP contribution in [0.25, 0.3) is 10.2 Å². The molecule has 0 unspecified atom stereocenters. The van der Waals surface area contributed by atoms with E-state index in [1.807, 2.05) is 23.1 Å². The molecule has 2 aliphatic heterocycles. The summed E-state index contributed by atoms with van der Waals surface area (Å²) >= 11 is 1.72. The third kappa shape index (κ3) is 3.72. The van der Waals surface area contributed by atoms with Crippen molar-refractivity contribution in [2.24, 2.45) is 5.92 Å². The molecule has 1 aromatic carbocycles. The second-order valence-corrected chi connectivity index (χ2v) is 10.5. The molecule has 2 aliphatic rings. The van der Waals surface area contributed by atoms with Crippen molar-refractivity contribution < 1.29 is 13.2 Å². The Balaban J connectivity index is 1.42. The minimum Gasteiger partial charge on any atom is -0.342 e. The van der Waals surface area contributed by atoms with E-state index in [1.165, 1.54) is 4.70 Å². The molecule has 2 fully saturated rings. The Bertz CT molecular complexity index is 858. The number of amides is 1. The van der Waals surface area contributed by atoms with Gasteiger partial charge in [-0.05, 0) is 37.3 Å². The van der Waals surface area contributed by atoms with Crippen molar-refractivity contribution in [3.8, 4) is 0 Å². The van der Waals surface area contributed by atoms with Gasteiger partial charge in [0.05, 0.1) is 26.7 Å². The molecule has 134 valence electrons. The van der Waals surface area contributed by atoms with Crippen LogP contribution in [0.3, 0.4) is 0 Å². The van der Waals surface area contributed by atoms with Crippen molar-refractivity contribution in [2.75, 3.05) is 24.6 Å². The van der Waals surface area contributed by atoms with Gasteiger partial charge in [-0.15, -0.1) is 11.3 Å². The van der Waals surface area contributed by atoms with Crippen LogP contribution in [-0.2, 0) is 14.6 Å². The number of likely N-dealkylation sites (tertiary alicyclic amines) is 1. The Labute approximate surface area is 152 Å². The van der Waals surface area contributed by atoms with Gasteiger partial charge in [-0.3, -0.25) is 4.79 Å². The molecule has 0 spiro atoms. The number of benzene rings is 1. The zero-order valence-corrected chi connectivity index (χ0v) is 15.7. The number of sulfone groups is 1. The molecule has 7 heteroatoms. The third-order valence-electron chi connectivity index (χ3n) is 5.22. The van der Waals surface area contributed by atoms with Crippen molar-refractivity contribution in [3.05, 3.63) is 29.3 Å². The van der Waals surface area contributed by atoms with Crippen LogP contribution < -0.4 is 0 Å². The van der Waals surface area contributed by atoms with Crippen molar-refractivity contribution in [1.82, 2.24) is 9.88 Å². The van der Waals surface area contributed by atoms with Gasteiger partial charge in [-0.25, -0.2) is 13.4 Å². The molecular formula is C18H22N2O3S2. The average molecular weight is 379 g/mol. The van der Waals surface area contributed by atoms with Crippen LogP contribution in [0.1, 0.15) is 36.6 Å². The summed E-state index contributed by atoms with van der Waals surface area (Å²) in [7, 11) is -2.92. The van der Waals surface area contributed by atoms with E-state index in [0.717, 1.165) is 29.9 Å². The summed E-state index contributed by atoms with van der Waals surface area (Å²) in [4.78, 5) is 19.3. The fourth-order valence-electron chi connectivity index (χ4n) is 3.88. The number of aromatic nitrogens is 1. The SMILES string of the molecule is O=C(C[C@H]1CCS(=O)(=O)C1)N1CCC[C@@H](c2nc3ccccc3s2)C1. The van der Waals surface area contributed by atoms with E-state index >= 15 is 0 Å². The van der Waals surface area contributed by atoms with Crippen LogP contribution in [0, 0.1) is 5.92 Å². The van der Waals surface area contributed by atoms with Crippen molar-refractivity contribution >= 4 is 37.3 Å². The molecule has 0 saturated carbocycles. The number of thiazole rings is 1. The molecule has 2 aromatic rings. The van der Waals surface area contributed by atoms with E-state index < -0.39 is 9.84 Å². The maximum atomic E-state index is 12.6. The van der Waals surface area contributed by atoms with E-state index in [1.54, 1.807) is 11.3 Å². The Morgan fingerprint density at radius 3 is 2.88 bits per heavy atom. The molecule has 0 aliphatic carbocycles. The molecular weight excluding hydrogens is 356 g/mol. The minimum absolute atomic E-state index is 0.000303. The topological polar surface area (TPSA) is 67.3 Å². The van der Waals surface area contributed by atoms with Gasteiger partial charge in [-0.1, -0.05) is 12.1 Å². The van der Waals surface area contributed by atoms with Crippen LogP contribution in [0.5, 0.6) is 0 Å². The summed E-state index contributed by atoms with van der Waals surface area (Å²) in [6.45, 7) is 1.48. The lowest BCUT2D eigenvalue weighted by Gasteiger charge is -2.32. The standard InChI is InChI=1S/C18H22N2O3S2/c21-17(10-13-7-9-25(22,23)12-13)20-8-3-4-14(11-20)18-19-15-5-1-2-6-16(15)24-18/h1-2,5-6,13-14H,3-4,7-12H2/t13-,14-/m1/s1. The van der Waals surface area contributed by atoms with E-state index in [4.69, 9.17) is 4.98 Å². The zero-order valence-electron chi connectivity index (χ0n) is 14.1. The first-order chi connectivity index (χ1) is 12.0. The summed E-state index contributed by atoms with van der Waals surface area (Å²) in [5.41, 5.74) is 1.03. The molecule has 0 N–H and O–H groups in total. The van der Waals surface area contributed by atoms with Gasteiger partial charge in [0.1, 0.15) is 0 Å². The number of para-hydroxylation sites is 1. The highest BCUT2D eigenvalue weighted by atomic mass is 32.2. The predicted octanol–water partition coefficient (Wildman–Crippen LogP) is 2.83. The summed E-state index contributed by atoms with van der Waals surface area (Å²) in [5.74, 6) is 0.809. The van der Waals surface area contributed by atoms with Gasteiger partial charge in [-0.2, -0.15) is 0 Å². The molecule has 0 bridgehead atoms. The number of hydrogen-bond donors (Lipinski definition) is 0. The number of piperidine rings is 1. The highest BCUT2D eigenvalue weighted by Crippen LogP contribution is 2.33. The normalized spacial score (nSPS) is 26.2. The molecule has 2 saturated heterocycles. The lowest BCUT2D eigenvalue weighted by Crippen LogP contribution is -2.39. The number of carbonyl (C=O) groups is 1. The fourth-order valence-corrected chi connectivity index (χ4v) is 6.83. The van der Waals surface area contributed by atoms with Gasteiger partial charge in [0.2, 0.25) is 5.91 Å². The third-order valence-corrected chi connectivity index (χ3v) is 8.26. The number of rotatable bonds is 3. The Hall–Kier alpha value is -1.47. The maximum absolute atomic E-state index is 12.6. The zero-order chi connectivity index (χ0) is 17.4. The quantitative estimate of drug-likeness (QED) is 0.824. The first kappa shape index (κ1) is 17.0. The summed E-state index contributed by atoms with van der Waals surface area (Å²) in [5, 5.41) is 1.11. The Morgan fingerprint density at radius 2 is 2.12 bits per heavy atom. The average Bonchev–Trinajstić information content (AvgIpc) is 3.18. The molecule has 4 rings (SSSR count). The number of hydrogen-bond acceptors (Lipinski definition) is 5. The molecule has 5 nitrogen and oxygen atoms in total. The first-order valence-electron chi connectivity index (χ1n) is 8.84. The van der Waals surface area contributed by atoms with Crippen LogP contribution in [0.15, 0.2) is 24.3 Å². The second-order valence-electron chi connectivity index (χ2n) is 7.17. The van der Waals surface area contributed by atoms with Crippen LogP contribution in [-0.4, -0.2) is 48.8 Å². The lowest BCUT2D eigenvalue weighted by atomic mass is 9.97. The molecule has 0 radical (unpaired) electrons. The fraction of sp³-hybridized carbons (Fsp3) is 0.556. The van der Waals surface area contributed by atoms with Crippen LogP contribution in [0.2, 0.25) is 0 Å². The predicted molar refractivity (Wildman–Crippen MR) is 99.6 cm³/mol. The molecule has 2 atom stereocenters. The molecule has 1 amide bonds. The molecule has 3 heterocycles. The smallest absolute Gasteiger partial charge is 0.222 e. The molecule has 25 heavy (non-hydrogen) atoms. The van der Waals surface area contributed by atoms with Crippen molar-refractivity contribution in [3.63, 3.8) is 0 Å². The number of fused-ring (bicyclic) bond motifs is 1.